The van der Waals surface area contributed by atoms with Crippen LogP contribution in [0.1, 0.15) is 87.1 Å². The maximum absolute atomic E-state index is 13.0. The van der Waals surface area contributed by atoms with Gasteiger partial charge in [-0.2, -0.15) is 8.78 Å². The number of aliphatic hydroxyl groups is 1. The summed E-state index contributed by atoms with van der Waals surface area (Å²) < 4.78 is 33.2. The zero-order valence-electron chi connectivity index (χ0n) is 28.6. The van der Waals surface area contributed by atoms with Crippen molar-refractivity contribution in [3.8, 4) is 0 Å². The number of piperidine rings is 4. The van der Waals surface area contributed by atoms with Gasteiger partial charge in [0.2, 0.25) is 11.8 Å². The first-order chi connectivity index (χ1) is 24.6. The number of fused-ring (bicyclic) bond motifs is 2. The van der Waals surface area contributed by atoms with Crippen molar-refractivity contribution >= 4 is 54.9 Å². The minimum Gasteiger partial charge on any atom is -0.390 e. The van der Waals surface area contributed by atoms with Crippen LogP contribution in [0.3, 0.4) is 0 Å². The largest absolute Gasteiger partial charge is 0.390 e. The van der Waals surface area contributed by atoms with Gasteiger partial charge in [0, 0.05) is 49.9 Å². The average molecular weight is 735 g/mol. The van der Waals surface area contributed by atoms with Gasteiger partial charge < -0.3 is 19.6 Å². The summed E-state index contributed by atoms with van der Waals surface area (Å²) in [6.45, 7) is -2.73. The molecule has 2 amide bonds. The summed E-state index contributed by atoms with van der Waals surface area (Å²) in [7, 11) is 0. The maximum Gasteiger partial charge on any atom is 0.345 e. The molecule has 8 nitrogen and oxygen atoms in total. The van der Waals surface area contributed by atoms with Gasteiger partial charge >= 0.3 is 6.61 Å². The number of carbonyl (C=O) groups is 2. The Bertz CT molecular complexity index is 1850. The molecule has 51 heavy (non-hydrogen) atoms. The summed E-state index contributed by atoms with van der Waals surface area (Å²) in [5.74, 6) is 1.43. The highest BCUT2D eigenvalue weighted by molar-refractivity contribution is 7.18. The number of para-hydroxylation sites is 2. The molecule has 2 aromatic heterocycles. The fourth-order valence-electron chi connectivity index (χ4n) is 11.0. The van der Waals surface area contributed by atoms with Crippen molar-refractivity contribution in [3.05, 3.63) is 58.5 Å². The number of halogens is 2. The zero-order valence-corrected chi connectivity index (χ0v) is 30.2. The molecule has 12 rings (SSSR count). The van der Waals surface area contributed by atoms with E-state index in [4.69, 9.17) is 4.74 Å². The smallest absolute Gasteiger partial charge is 0.345 e. The number of amides is 2. The molecule has 4 unspecified atom stereocenters. The number of aromatic nitrogens is 2. The fraction of sp³-hybridized carbons (Fsp3) is 0.590. The molecule has 4 saturated heterocycles. The quantitative estimate of drug-likeness (QED) is 0.201. The van der Waals surface area contributed by atoms with E-state index in [9.17, 15) is 23.5 Å². The molecule has 4 atom stereocenters. The Morgan fingerprint density at radius 1 is 0.725 bits per heavy atom. The zero-order chi connectivity index (χ0) is 34.9. The first-order valence-corrected chi connectivity index (χ1v) is 20.2. The molecule has 4 saturated carbocycles. The molecule has 1 N–H and O–H groups in total. The Hall–Kier alpha value is -3.06. The Kier molecular flexibility index (Phi) is 8.67. The maximum atomic E-state index is 13.0. The Morgan fingerprint density at radius 2 is 1.18 bits per heavy atom. The van der Waals surface area contributed by atoms with E-state index < -0.39 is 17.8 Å². The van der Waals surface area contributed by atoms with Gasteiger partial charge in [-0.15, -0.1) is 22.7 Å². The number of carbonyl (C=O) groups excluding carboxylic acids is 2. The minimum absolute atomic E-state index is 0.0536. The summed E-state index contributed by atoms with van der Waals surface area (Å²) in [4.78, 5) is 39.2. The lowest BCUT2D eigenvalue weighted by molar-refractivity contribution is -0.262. The number of aryl methyl sites for hydroxylation is 2. The number of hydrogen-bond donors (Lipinski definition) is 1. The number of nitrogens with zero attached hydrogens (tertiary/aromatic N) is 4. The number of benzene rings is 2. The van der Waals surface area contributed by atoms with Gasteiger partial charge in [0.25, 0.3) is 0 Å². The van der Waals surface area contributed by atoms with Crippen molar-refractivity contribution < 1.29 is 28.2 Å². The second kappa shape index (κ2) is 13.1. The lowest BCUT2D eigenvalue weighted by atomic mass is 9.61. The highest BCUT2D eigenvalue weighted by atomic mass is 32.1. The Morgan fingerprint density at radius 3 is 1.63 bits per heavy atom. The predicted molar refractivity (Wildman–Crippen MR) is 193 cm³/mol. The predicted octanol–water partition coefficient (Wildman–Crippen LogP) is 7.51. The third-order valence-corrected chi connectivity index (χ3v) is 14.7. The number of hydrogen-bond acceptors (Lipinski definition) is 8. The average Bonchev–Trinajstić information content (AvgIpc) is 3.68. The van der Waals surface area contributed by atoms with Gasteiger partial charge in [0.1, 0.15) is 0 Å². The number of alkyl halides is 2. The molecule has 8 bridgehead atoms. The van der Waals surface area contributed by atoms with Crippen LogP contribution >= 0.6 is 22.7 Å². The minimum atomic E-state index is -2.73. The van der Waals surface area contributed by atoms with Crippen LogP contribution in [0.5, 0.6) is 0 Å². The highest BCUT2D eigenvalue weighted by Crippen LogP contribution is 2.54. The van der Waals surface area contributed by atoms with Gasteiger partial charge in [0.05, 0.1) is 41.7 Å². The van der Waals surface area contributed by atoms with Gasteiger partial charge in [0.15, 0.2) is 0 Å². The molecule has 6 heterocycles. The molecule has 0 spiro atoms. The summed E-state index contributed by atoms with van der Waals surface area (Å²) in [5, 5.41) is 12.7. The van der Waals surface area contributed by atoms with Gasteiger partial charge in [-0.05, 0) is 100 Å². The van der Waals surface area contributed by atoms with E-state index in [1.807, 2.05) is 47.4 Å². The number of ether oxygens (including phenoxy) is 1. The second-order valence-corrected chi connectivity index (χ2v) is 18.3. The molecule has 0 radical (unpaired) electrons. The van der Waals surface area contributed by atoms with E-state index in [1.165, 1.54) is 4.70 Å². The summed E-state index contributed by atoms with van der Waals surface area (Å²) >= 11 is 3.33. The van der Waals surface area contributed by atoms with Crippen LogP contribution in [0.15, 0.2) is 48.5 Å². The van der Waals surface area contributed by atoms with Crippen LogP contribution < -0.4 is 0 Å². The van der Waals surface area contributed by atoms with E-state index in [2.05, 4.69) is 20.9 Å². The van der Waals surface area contributed by atoms with E-state index in [1.54, 1.807) is 22.7 Å². The van der Waals surface area contributed by atoms with Crippen LogP contribution in [-0.2, 0) is 27.2 Å². The Balaban J connectivity index is 0.000000137. The fourth-order valence-corrected chi connectivity index (χ4v) is 13.0. The van der Waals surface area contributed by atoms with Crippen molar-refractivity contribution in [1.29, 1.82) is 0 Å². The van der Waals surface area contributed by atoms with Crippen molar-refractivity contribution in [2.45, 2.75) is 132 Å². The first kappa shape index (κ1) is 33.8. The first-order valence-electron chi connectivity index (χ1n) is 18.6. The van der Waals surface area contributed by atoms with Crippen LogP contribution in [0.2, 0.25) is 0 Å². The summed E-state index contributed by atoms with van der Waals surface area (Å²) in [6, 6.07) is 16.8. The van der Waals surface area contributed by atoms with Crippen LogP contribution in [0, 0.1) is 11.8 Å². The molecule has 4 aromatic rings. The highest BCUT2D eigenvalue weighted by Gasteiger charge is 2.57. The molecule has 4 aliphatic heterocycles. The number of rotatable bonds is 8. The molecule has 4 aliphatic carbocycles. The molecule has 2 aromatic carbocycles. The Labute approximate surface area is 304 Å². The molecule has 12 heteroatoms. The monoisotopic (exact) mass is 734 g/mol. The van der Waals surface area contributed by atoms with E-state index >= 15 is 0 Å². The normalized spacial score (nSPS) is 33.0. The van der Waals surface area contributed by atoms with Crippen molar-refractivity contribution in [2.24, 2.45) is 11.8 Å². The third-order valence-electron chi connectivity index (χ3n) is 12.5. The van der Waals surface area contributed by atoms with Crippen LogP contribution in [0.4, 0.5) is 8.78 Å². The van der Waals surface area contributed by atoms with Crippen molar-refractivity contribution in [2.75, 3.05) is 0 Å². The van der Waals surface area contributed by atoms with Gasteiger partial charge in [-0.3, -0.25) is 9.59 Å². The van der Waals surface area contributed by atoms with Crippen molar-refractivity contribution in [3.63, 3.8) is 0 Å². The lowest BCUT2D eigenvalue weighted by Gasteiger charge is -2.61. The summed E-state index contributed by atoms with van der Waals surface area (Å²) in [6.07, 6.45) is 10.7. The number of thiazole rings is 2. The lowest BCUT2D eigenvalue weighted by Crippen LogP contribution is -2.66. The molecule has 8 fully saturated rings. The van der Waals surface area contributed by atoms with E-state index in [-0.39, 0.29) is 36.0 Å². The van der Waals surface area contributed by atoms with E-state index in [0.717, 1.165) is 83.5 Å². The molecular formula is C39H44F2N4O4S2. The molecular weight excluding hydrogens is 691 g/mol. The van der Waals surface area contributed by atoms with E-state index in [0.29, 0.717) is 43.9 Å². The van der Waals surface area contributed by atoms with Crippen LogP contribution in [0.25, 0.3) is 20.4 Å². The molecule has 270 valence electrons. The van der Waals surface area contributed by atoms with Crippen LogP contribution in [-0.4, -0.2) is 78.7 Å². The standard InChI is InChI=1S/C20H22F2N2O2S.C19H22N2O2S/c21-19(22)26-20-9-12-7-13(10-20)24(14(8-12)11-20)18(25)6-5-17-23-15-3-1-2-4-16(15)27-17;22-18(6-5-17-20-15-3-1-2-4-16(15)24-17)21-13-7-12-8-14(21)11-19(23,9-12)10-13/h1-4,12-14,19H,5-11H2;1-4,12-14,23H,5-11H2. The van der Waals surface area contributed by atoms with Gasteiger partial charge in [-0.1, -0.05) is 24.3 Å². The van der Waals surface area contributed by atoms with Crippen molar-refractivity contribution in [1.82, 2.24) is 19.8 Å². The SMILES string of the molecule is O=C(CCc1nc2ccccc2s1)N1C2CC3CC1CC(O)(C3)C2.O=C(CCc1nc2ccccc2s1)N1C2CC3CC1CC(OC(F)F)(C3)C2. The summed E-state index contributed by atoms with van der Waals surface area (Å²) in [5.41, 5.74) is 0.808. The molecule has 8 aliphatic rings. The third kappa shape index (κ3) is 6.59. The van der Waals surface area contributed by atoms with Gasteiger partial charge in [-0.25, -0.2) is 9.97 Å². The topological polar surface area (TPSA) is 95.9 Å². The second-order valence-electron chi connectivity index (χ2n) is 16.1.